The Morgan fingerprint density at radius 1 is 0.311 bits per heavy atom. The minimum Gasteiger partial charge on any atom is -0.491 e. The second-order valence-electron chi connectivity index (χ2n) is 17.0. The number of anilines is 3. The number of rotatable bonds is 30. The molecule has 0 fully saturated rings. The maximum atomic E-state index is 6.51. The molecule has 338 valence electrons. The molecule has 0 radical (unpaired) electrons. The van der Waals surface area contributed by atoms with Gasteiger partial charge in [-0.2, -0.15) is 0 Å². The first-order valence-electron chi connectivity index (χ1n) is 21.7. The first kappa shape index (κ1) is 47.0. The molecule has 3 heterocycles. The molecule has 3 aromatic carbocycles. The van der Waals surface area contributed by atoms with Crippen LogP contribution in [0.25, 0.3) is 0 Å². The van der Waals surface area contributed by atoms with Crippen LogP contribution in [0.1, 0.15) is 74.9 Å². The number of ether oxygens (including phenoxy) is 12. The second kappa shape index (κ2) is 21.7. The van der Waals surface area contributed by atoms with Crippen molar-refractivity contribution in [1.29, 1.82) is 0 Å². The van der Waals surface area contributed by atoms with Gasteiger partial charge in [-0.3, -0.25) is 0 Å². The van der Waals surface area contributed by atoms with Crippen LogP contribution < -0.4 is 19.1 Å². The van der Waals surface area contributed by atoms with E-state index in [4.69, 9.17) is 56.8 Å². The van der Waals surface area contributed by atoms with Gasteiger partial charge in [0.1, 0.15) is 37.1 Å². The zero-order valence-corrected chi connectivity index (χ0v) is 38.0. The summed E-state index contributed by atoms with van der Waals surface area (Å²) in [6.07, 6.45) is 0. The summed E-state index contributed by atoms with van der Waals surface area (Å²) >= 11 is 0. The van der Waals surface area contributed by atoms with E-state index in [1.54, 1.807) is 21.3 Å². The maximum absolute atomic E-state index is 6.51. The predicted octanol–water partition coefficient (Wildman–Crippen LogP) is 7.25. The molecule has 3 aromatic rings. The Bertz CT molecular complexity index is 1580. The highest BCUT2D eigenvalue weighted by Gasteiger charge is 2.52. The topological polar surface area (TPSA) is 114 Å². The summed E-state index contributed by atoms with van der Waals surface area (Å²) in [4.78, 5) is 2.52. The molecule has 3 aliphatic rings. The van der Waals surface area contributed by atoms with Gasteiger partial charge in [0.25, 0.3) is 0 Å². The van der Waals surface area contributed by atoms with Crippen molar-refractivity contribution in [2.45, 2.75) is 57.8 Å². The fraction of sp³-hybridized carbons (Fsp3) is 0.625. The minimum atomic E-state index is -0.394. The number of hydrogen-bond donors (Lipinski definition) is 0. The highest BCUT2D eigenvalue weighted by atomic mass is 16.6. The molecule has 13 nitrogen and oxygen atoms in total. The molecular weight excluding hydrogens is 783 g/mol. The molecule has 0 saturated heterocycles. The molecule has 0 atom stereocenters. The van der Waals surface area contributed by atoms with E-state index in [1.807, 2.05) is 0 Å². The van der Waals surface area contributed by atoms with Gasteiger partial charge < -0.3 is 61.7 Å². The van der Waals surface area contributed by atoms with E-state index in [-0.39, 0.29) is 0 Å². The van der Waals surface area contributed by atoms with Gasteiger partial charge in [-0.15, -0.1) is 0 Å². The zero-order chi connectivity index (χ0) is 43.5. The van der Waals surface area contributed by atoms with E-state index in [2.05, 4.69) is 82.8 Å². The Kier molecular flexibility index (Phi) is 16.7. The summed E-state index contributed by atoms with van der Waals surface area (Å²) in [5.74, 6) is 2.43. The summed E-state index contributed by atoms with van der Waals surface area (Å²) in [6.45, 7) is 22.8. The third-order valence-electron chi connectivity index (χ3n) is 11.9. The van der Waals surface area contributed by atoms with Gasteiger partial charge in [0.05, 0.1) is 116 Å². The summed E-state index contributed by atoms with van der Waals surface area (Å²) in [6, 6.07) is 13.4. The van der Waals surface area contributed by atoms with Crippen LogP contribution in [-0.4, -0.2) is 140 Å². The quantitative estimate of drug-likeness (QED) is 0.0629. The fourth-order valence-corrected chi connectivity index (χ4v) is 8.47. The van der Waals surface area contributed by atoms with Crippen LogP contribution in [-0.2, 0) is 58.9 Å². The lowest BCUT2D eigenvalue weighted by atomic mass is 9.60. The van der Waals surface area contributed by atoms with Crippen LogP contribution >= 0.6 is 0 Å². The maximum Gasteiger partial charge on any atom is 0.120 e. The van der Waals surface area contributed by atoms with Crippen molar-refractivity contribution in [3.8, 4) is 17.2 Å². The fourth-order valence-electron chi connectivity index (χ4n) is 8.47. The molecule has 0 aliphatic carbocycles. The first-order chi connectivity index (χ1) is 29.5. The third-order valence-corrected chi connectivity index (χ3v) is 11.9. The van der Waals surface area contributed by atoms with Crippen LogP contribution in [0.15, 0.2) is 36.4 Å². The van der Waals surface area contributed by atoms with E-state index < -0.39 is 16.2 Å². The normalized spacial score (nSPS) is 15.8. The van der Waals surface area contributed by atoms with Gasteiger partial charge in [0.15, 0.2) is 0 Å². The first-order valence-corrected chi connectivity index (χ1v) is 21.7. The van der Waals surface area contributed by atoms with Crippen LogP contribution in [0.4, 0.5) is 17.1 Å². The molecular formula is C48H69NO12. The van der Waals surface area contributed by atoms with E-state index in [1.165, 1.54) is 50.4 Å². The summed E-state index contributed by atoms with van der Waals surface area (Å²) in [5.41, 5.74) is 9.68. The molecule has 61 heavy (non-hydrogen) atoms. The van der Waals surface area contributed by atoms with Crippen molar-refractivity contribution in [3.05, 3.63) is 69.8 Å². The van der Waals surface area contributed by atoms with Gasteiger partial charge in [-0.05, 0) is 69.8 Å². The smallest absolute Gasteiger partial charge is 0.120 e. The van der Waals surface area contributed by atoms with E-state index in [0.29, 0.717) is 119 Å². The Hall–Kier alpha value is -3.50. The molecule has 0 amide bonds. The zero-order valence-electron chi connectivity index (χ0n) is 38.0. The lowest BCUT2D eigenvalue weighted by Crippen LogP contribution is -2.43. The molecule has 0 bridgehead atoms. The van der Waals surface area contributed by atoms with Gasteiger partial charge >= 0.3 is 0 Å². The lowest BCUT2D eigenvalue weighted by molar-refractivity contribution is 0.0179. The van der Waals surface area contributed by atoms with Gasteiger partial charge in [0.2, 0.25) is 0 Å². The van der Waals surface area contributed by atoms with Crippen molar-refractivity contribution in [3.63, 3.8) is 0 Å². The molecule has 0 unspecified atom stereocenters. The number of benzene rings is 3. The van der Waals surface area contributed by atoms with Crippen LogP contribution in [0, 0.1) is 0 Å². The van der Waals surface area contributed by atoms with Crippen molar-refractivity contribution in [2.24, 2.45) is 0 Å². The summed E-state index contributed by atoms with van der Waals surface area (Å²) in [5, 5.41) is 0. The molecule has 3 aliphatic heterocycles. The van der Waals surface area contributed by atoms with E-state index in [0.717, 1.165) is 17.2 Å². The average Bonchev–Trinajstić information content (AvgIpc) is 3.24. The Morgan fingerprint density at radius 2 is 0.508 bits per heavy atom. The highest BCUT2D eigenvalue weighted by Crippen LogP contribution is 2.67. The third kappa shape index (κ3) is 10.7. The lowest BCUT2D eigenvalue weighted by Gasteiger charge is -2.55. The molecule has 6 rings (SSSR count). The number of hydrogen-bond acceptors (Lipinski definition) is 13. The average molecular weight is 852 g/mol. The van der Waals surface area contributed by atoms with Crippen molar-refractivity contribution >= 4 is 17.1 Å². The van der Waals surface area contributed by atoms with Crippen LogP contribution in [0.2, 0.25) is 0 Å². The summed E-state index contributed by atoms with van der Waals surface area (Å²) < 4.78 is 68.9. The van der Waals surface area contributed by atoms with Gasteiger partial charge in [-0.25, -0.2) is 0 Å². The van der Waals surface area contributed by atoms with Crippen LogP contribution in [0.3, 0.4) is 0 Å². The molecule has 0 saturated carbocycles. The molecule has 13 heteroatoms. The van der Waals surface area contributed by atoms with E-state index >= 15 is 0 Å². The summed E-state index contributed by atoms with van der Waals surface area (Å²) in [7, 11) is 4.99. The largest absolute Gasteiger partial charge is 0.491 e. The Morgan fingerprint density at radius 3 is 0.721 bits per heavy atom. The Labute approximate surface area is 363 Å². The second-order valence-corrected chi connectivity index (χ2v) is 17.0. The monoisotopic (exact) mass is 851 g/mol. The Balaban J connectivity index is 1.31. The SMILES string of the molecule is COCCOCCOCCOc1cc2c3c(c1)C(C)(C)c1cc(OCCOCCOCCOC)cc4c1N3c1c(cc(OCCOCCOCCOC)cc1C4(C)C)C2(C)C. The van der Waals surface area contributed by atoms with Gasteiger partial charge in [-0.1, -0.05) is 41.5 Å². The standard InChI is InChI=1S/C48H69NO12/c1-46(2)37-28-34(59-25-22-56-19-16-53-13-10-50-7)30-39-43(37)49-44-38(46)29-35(60-26-23-57-20-17-54-14-11-51-8)31-40(44)48(5,6)42-33-36(32-41(45(42)49)47(39,3)4)61-27-24-58-21-18-55-15-12-52-9/h28-33H,10-27H2,1-9H3. The molecule has 0 spiro atoms. The molecule has 0 N–H and O–H groups in total. The minimum absolute atomic E-state index is 0.394. The van der Waals surface area contributed by atoms with E-state index in [9.17, 15) is 0 Å². The molecule has 0 aromatic heterocycles. The van der Waals surface area contributed by atoms with Crippen molar-refractivity contribution in [2.75, 3.05) is 145 Å². The predicted molar refractivity (Wildman–Crippen MR) is 235 cm³/mol. The number of nitrogens with zero attached hydrogens (tertiary/aromatic N) is 1. The van der Waals surface area contributed by atoms with Crippen LogP contribution in [0.5, 0.6) is 17.2 Å². The van der Waals surface area contributed by atoms with Crippen molar-refractivity contribution in [1.82, 2.24) is 0 Å². The highest BCUT2D eigenvalue weighted by molar-refractivity contribution is 5.99. The van der Waals surface area contributed by atoms with Gasteiger partial charge in [0, 0.05) is 37.6 Å². The number of methoxy groups -OCH3 is 3. The van der Waals surface area contributed by atoms with Crippen molar-refractivity contribution < 1.29 is 56.8 Å².